The van der Waals surface area contributed by atoms with E-state index in [2.05, 4.69) is 20.1 Å². The Morgan fingerprint density at radius 1 is 0.667 bits per heavy atom. The number of rotatable bonds is 8. The first-order valence-corrected chi connectivity index (χ1v) is 13.8. The van der Waals surface area contributed by atoms with E-state index in [4.69, 9.17) is 11.1 Å². The van der Waals surface area contributed by atoms with Gasteiger partial charge in [-0.1, -0.05) is 22.4 Å². The molecule has 0 spiro atoms. The van der Waals surface area contributed by atoms with Gasteiger partial charge >= 0.3 is 59.1 Å². The summed E-state index contributed by atoms with van der Waals surface area (Å²) in [5.74, 6) is 0. The molecule has 20 nitrogen and oxygen atoms in total. The smallest absolute Gasteiger partial charge is 0.744 e. The van der Waals surface area contributed by atoms with E-state index in [1.807, 2.05) is 0 Å². The zero-order valence-electron chi connectivity index (χ0n) is 19.3. The molecule has 0 aliphatic rings. The van der Waals surface area contributed by atoms with Crippen LogP contribution in [0.3, 0.4) is 0 Å². The van der Waals surface area contributed by atoms with Crippen molar-refractivity contribution in [1.29, 1.82) is 0 Å². The van der Waals surface area contributed by atoms with Crippen LogP contribution in [-0.2, 0) is 46.9 Å². The number of nitrogens with zero attached hydrogens (tertiary/aromatic N) is 6. The molecule has 2 rings (SSSR count). The third-order valence-electron chi connectivity index (χ3n) is 4.11. The van der Waals surface area contributed by atoms with Gasteiger partial charge in [0.1, 0.15) is 30.0 Å². The Bertz CT molecular complexity index is 1650. The van der Waals surface area contributed by atoms with E-state index in [-0.39, 0.29) is 70.1 Å². The Morgan fingerprint density at radius 3 is 1.36 bits per heavy atom. The Kier molecular flexibility index (Phi) is 16.2. The van der Waals surface area contributed by atoms with Crippen LogP contribution in [-0.4, -0.2) is 62.8 Å². The first-order valence-electron chi connectivity index (χ1n) is 8.12. The molecule has 0 aliphatic heterocycles. The van der Waals surface area contributed by atoms with Gasteiger partial charge in [0, 0.05) is 27.6 Å². The second-order valence-electron chi connectivity index (χ2n) is 6.20. The maximum atomic E-state index is 12.0. The monoisotopic (exact) mass is 650 g/mol. The van der Waals surface area contributed by atoms with Crippen molar-refractivity contribution < 1.29 is 122 Å². The van der Waals surface area contributed by atoms with Crippen LogP contribution in [0.25, 0.3) is 20.9 Å². The molecule has 2 aromatic carbocycles. The third kappa shape index (κ3) is 9.89. The Balaban J connectivity index is -0.00000324. The molecular weight excluding hydrogens is 638 g/mol. The Hall–Kier alpha value is -1.38. The van der Waals surface area contributed by atoms with Crippen molar-refractivity contribution in [1.82, 2.24) is 0 Å². The molecule has 2 aromatic rings. The SMILES string of the molecule is O.O.[N-]=[N+]=Nc1ccc(S(=O)(=O)[O-])c(S(=O)(=O)[O-])c1Cc1c(N=[N+]=[N-])ccc(S(=O)(=O)O)c1S(=O)(=O)O.[Na+].[Na+]. The maximum absolute atomic E-state index is 12.0. The van der Waals surface area contributed by atoms with Crippen LogP contribution in [0.15, 0.2) is 54.1 Å². The summed E-state index contributed by atoms with van der Waals surface area (Å²) in [6.45, 7) is 0. The molecule has 39 heavy (non-hydrogen) atoms. The second-order valence-corrected chi connectivity index (χ2v) is 11.6. The van der Waals surface area contributed by atoms with E-state index in [1.54, 1.807) is 0 Å². The summed E-state index contributed by atoms with van der Waals surface area (Å²) in [5, 5.41) is 6.09. The van der Waals surface area contributed by atoms with Gasteiger partial charge in [0.2, 0.25) is 0 Å². The largest absolute Gasteiger partial charge is 1.00 e. The Labute approximate surface area is 263 Å². The summed E-state index contributed by atoms with van der Waals surface area (Å²) < 4.78 is 137. The molecular formula is C13H12N6Na2O14S4. The van der Waals surface area contributed by atoms with Crippen LogP contribution in [0.5, 0.6) is 0 Å². The molecule has 0 radical (unpaired) electrons. The topological polar surface area (TPSA) is 384 Å². The van der Waals surface area contributed by atoms with E-state index in [0.29, 0.717) is 24.3 Å². The summed E-state index contributed by atoms with van der Waals surface area (Å²) in [6, 6.07) is 1.89. The summed E-state index contributed by atoms with van der Waals surface area (Å²) in [6.07, 6.45) is -1.39. The number of hydrogen-bond acceptors (Lipinski definition) is 12. The number of azide groups is 2. The molecule has 0 saturated heterocycles. The molecule has 0 aliphatic carbocycles. The van der Waals surface area contributed by atoms with Crippen LogP contribution in [0.4, 0.5) is 11.4 Å². The standard InChI is InChI=1S/C13H10N6O12S4.2Na.2H2O/c14-18-16-8-1-3-10(32(20,21)22)12(34(26,27)28)6(8)5-7-9(17-19-15)2-4-11(33(23,24)25)13(7)35(29,30)31;;;;/h1-4H,5H2,(H,20,21,22)(H,23,24,25)(H,26,27,28)(H,29,30,31);;;2*1H2/q;2*+1;;/p-2. The van der Waals surface area contributed by atoms with Crippen molar-refractivity contribution in [3.8, 4) is 0 Å². The van der Waals surface area contributed by atoms with Crippen molar-refractivity contribution in [2.75, 3.05) is 0 Å². The average Bonchev–Trinajstić information content (AvgIpc) is 2.66. The summed E-state index contributed by atoms with van der Waals surface area (Å²) >= 11 is 0. The van der Waals surface area contributed by atoms with E-state index in [1.165, 1.54) is 0 Å². The second kappa shape index (κ2) is 15.0. The van der Waals surface area contributed by atoms with Crippen LogP contribution >= 0.6 is 0 Å². The number of benzene rings is 2. The van der Waals surface area contributed by atoms with Crippen LogP contribution < -0.4 is 59.1 Å². The zero-order chi connectivity index (χ0) is 27.0. The van der Waals surface area contributed by atoms with Gasteiger partial charge in [0.05, 0.1) is 9.79 Å². The molecule has 0 heterocycles. The van der Waals surface area contributed by atoms with Gasteiger partial charge < -0.3 is 20.1 Å². The van der Waals surface area contributed by atoms with Gasteiger partial charge in [-0.3, -0.25) is 9.11 Å². The molecule has 26 heteroatoms. The van der Waals surface area contributed by atoms with Crippen LogP contribution in [0.1, 0.15) is 11.1 Å². The van der Waals surface area contributed by atoms with Gasteiger partial charge in [-0.15, -0.1) is 0 Å². The minimum Gasteiger partial charge on any atom is -0.744 e. The minimum absolute atomic E-state index is 0. The van der Waals surface area contributed by atoms with Gasteiger partial charge in [-0.05, 0) is 34.3 Å². The van der Waals surface area contributed by atoms with Gasteiger partial charge in [-0.2, -0.15) is 16.8 Å². The first kappa shape index (κ1) is 42.1. The van der Waals surface area contributed by atoms with E-state index in [9.17, 15) is 51.9 Å². The summed E-state index contributed by atoms with van der Waals surface area (Å²) in [4.78, 5) is -1.90. The molecule has 0 aromatic heterocycles. The van der Waals surface area contributed by atoms with Crippen molar-refractivity contribution >= 4 is 51.8 Å². The van der Waals surface area contributed by atoms with Gasteiger partial charge in [0.25, 0.3) is 20.2 Å². The van der Waals surface area contributed by atoms with Crippen molar-refractivity contribution in [2.24, 2.45) is 10.2 Å². The molecule has 0 unspecified atom stereocenters. The molecule has 0 bridgehead atoms. The normalized spacial score (nSPS) is 11.2. The fourth-order valence-corrected chi connectivity index (χ4v) is 6.98. The minimum atomic E-state index is -5.92. The fourth-order valence-electron chi connectivity index (χ4n) is 2.95. The summed E-state index contributed by atoms with van der Waals surface area (Å²) in [7, 11) is -22.7. The predicted molar refractivity (Wildman–Crippen MR) is 116 cm³/mol. The molecule has 6 N–H and O–H groups in total. The summed E-state index contributed by atoms with van der Waals surface area (Å²) in [5.41, 5.74) is 13.6. The molecule has 0 saturated carbocycles. The quantitative estimate of drug-likeness (QED) is 0.0886. The first-order chi connectivity index (χ1) is 15.8. The van der Waals surface area contributed by atoms with Gasteiger partial charge in [0.15, 0.2) is 0 Å². The molecule has 204 valence electrons. The predicted octanol–water partition coefficient (Wildman–Crippen LogP) is -6.18. The number of hydrogen-bond donors (Lipinski definition) is 2. The zero-order valence-corrected chi connectivity index (χ0v) is 26.6. The van der Waals surface area contributed by atoms with E-state index >= 15 is 0 Å². The van der Waals surface area contributed by atoms with Crippen molar-refractivity contribution in [3.05, 3.63) is 56.3 Å². The molecule has 0 fully saturated rings. The van der Waals surface area contributed by atoms with E-state index < -0.39 is 89.0 Å². The van der Waals surface area contributed by atoms with Crippen LogP contribution in [0.2, 0.25) is 0 Å². The van der Waals surface area contributed by atoms with Crippen molar-refractivity contribution in [2.45, 2.75) is 26.0 Å². The molecule has 0 atom stereocenters. The Morgan fingerprint density at radius 2 is 1.05 bits per heavy atom. The average molecular weight is 651 g/mol. The van der Waals surface area contributed by atoms with Gasteiger partial charge in [-0.25, -0.2) is 16.8 Å². The fraction of sp³-hybridized carbons (Fsp3) is 0.0769. The maximum Gasteiger partial charge on any atom is 1.00 e. The third-order valence-corrected chi connectivity index (χ3v) is 8.09. The molecule has 0 amide bonds. The van der Waals surface area contributed by atoms with Crippen LogP contribution in [0, 0.1) is 0 Å². The van der Waals surface area contributed by atoms with E-state index in [0.717, 1.165) is 0 Å². The van der Waals surface area contributed by atoms with Crippen molar-refractivity contribution in [3.63, 3.8) is 0 Å².